The smallest absolute Gasteiger partial charge is 0.325 e. The molecule has 0 saturated heterocycles. The van der Waals surface area contributed by atoms with Gasteiger partial charge in [0, 0.05) is 11.6 Å². The van der Waals surface area contributed by atoms with Gasteiger partial charge in [-0.2, -0.15) is 13.2 Å². The highest BCUT2D eigenvalue weighted by molar-refractivity contribution is 7.99. The molecule has 0 bridgehead atoms. The van der Waals surface area contributed by atoms with Crippen molar-refractivity contribution in [3.05, 3.63) is 71.5 Å². The number of thioether (sulfide) groups is 1. The Morgan fingerprint density at radius 2 is 1.97 bits per heavy atom. The van der Waals surface area contributed by atoms with Gasteiger partial charge in [-0.1, -0.05) is 41.6 Å². The van der Waals surface area contributed by atoms with Gasteiger partial charge in [0.1, 0.15) is 5.82 Å². The van der Waals surface area contributed by atoms with Crippen LogP contribution in [0.25, 0.3) is 11.4 Å². The molecule has 162 valence electrons. The maximum atomic E-state index is 14.1. The second-order valence-corrected chi connectivity index (χ2v) is 7.59. The van der Waals surface area contributed by atoms with Crippen LogP contribution in [0.2, 0.25) is 5.02 Å². The van der Waals surface area contributed by atoms with Gasteiger partial charge in [0.2, 0.25) is 5.91 Å². The maximum Gasteiger partial charge on any atom is 0.418 e. The van der Waals surface area contributed by atoms with Crippen LogP contribution < -0.4 is 5.32 Å². The van der Waals surface area contributed by atoms with Gasteiger partial charge >= 0.3 is 6.18 Å². The molecule has 1 aromatic heterocycles. The van der Waals surface area contributed by atoms with Crippen LogP contribution in [-0.4, -0.2) is 26.4 Å². The molecule has 1 N–H and O–H groups in total. The Kier molecular flexibility index (Phi) is 7.01. The Morgan fingerprint density at radius 3 is 2.65 bits per heavy atom. The molecule has 3 aromatic rings. The Morgan fingerprint density at radius 1 is 1.23 bits per heavy atom. The molecule has 0 aliphatic carbocycles. The summed E-state index contributed by atoms with van der Waals surface area (Å²) in [7, 11) is 0. The fourth-order valence-electron chi connectivity index (χ4n) is 2.71. The predicted octanol–water partition coefficient (Wildman–Crippen LogP) is 5.67. The maximum absolute atomic E-state index is 14.1. The van der Waals surface area contributed by atoms with Gasteiger partial charge in [-0.25, -0.2) is 4.39 Å². The van der Waals surface area contributed by atoms with Gasteiger partial charge in [0.05, 0.1) is 22.6 Å². The number of anilines is 1. The van der Waals surface area contributed by atoms with Crippen molar-refractivity contribution in [2.45, 2.75) is 17.9 Å². The van der Waals surface area contributed by atoms with Crippen LogP contribution in [0, 0.1) is 5.82 Å². The highest BCUT2D eigenvalue weighted by Gasteiger charge is 2.34. The Labute approximate surface area is 184 Å². The summed E-state index contributed by atoms with van der Waals surface area (Å²) in [5.41, 5.74) is -1.22. The molecule has 31 heavy (non-hydrogen) atoms. The topological polar surface area (TPSA) is 59.8 Å². The summed E-state index contributed by atoms with van der Waals surface area (Å²) in [5, 5.41) is 10.4. The minimum Gasteiger partial charge on any atom is -0.325 e. The number of hydrogen-bond donors (Lipinski definition) is 1. The van der Waals surface area contributed by atoms with E-state index in [0.29, 0.717) is 5.16 Å². The third kappa shape index (κ3) is 5.45. The standard InChI is InChI=1S/C20H15ClF4N4OS/c1-2-9-29-18(13-5-3-4-6-15(13)22)27-28-19(29)31-11-17(30)26-16-8-7-12(21)10-14(16)20(23,24)25/h2-8,10H,1,9,11H2,(H,26,30). The van der Waals surface area contributed by atoms with E-state index < -0.39 is 29.2 Å². The van der Waals surface area contributed by atoms with Crippen LogP contribution in [0.5, 0.6) is 0 Å². The lowest BCUT2D eigenvalue weighted by Gasteiger charge is -2.14. The van der Waals surface area contributed by atoms with E-state index in [1.165, 1.54) is 12.1 Å². The number of amides is 1. The zero-order chi connectivity index (χ0) is 22.6. The van der Waals surface area contributed by atoms with E-state index in [2.05, 4.69) is 22.1 Å². The van der Waals surface area contributed by atoms with Crippen LogP contribution in [0.15, 0.2) is 60.3 Å². The molecular formula is C20H15ClF4N4OS. The van der Waals surface area contributed by atoms with Crippen LogP contribution in [0.4, 0.5) is 23.2 Å². The van der Waals surface area contributed by atoms with E-state index in [1.807, 2.05) is 0 Å². The average Bonchev–Trinajstić information content (AvgIpc) is 3.10. The van der Waals surface area contributed by atoms with E-state index in [0.717, 1.165) is 23.9 Å². The number of benzene rings is 2. The van der Waals surface area contributed by atoms with E-state index in [9.17, 15) is 22.4 Å². The SMILES string of the molecule is C=CCn1c(SCC(=O)Nc2ccc(Cl)cc2C(F)(F)F)nnc1-c1ccccc1F. The van der Waals surface area contributed by atoms with E-state index in [1.54, 1.807) is 28.8 Å². The summed E-state index contributed by atoms with van der Waals surface area (Å²) >= 11 is 6.59. The Balaban J connectivity index is 1.77. The molecule has 11 heteroatoms. The van der Waals surface area contributed by atoms with Crippen molar-refractivity contribution >= 4 is 35.0 Å². The fraction of sp³-hybridized carbons (Fsp3) is 0.150. The van der Waals surface area contributed by atoms with Gasteiger partial charge in [0.15, 0.2) is 11.0 Å². The monoisotopic (exact) mass is 470 g/mol. The minimum atomic E-state index is -4.68. The van der Waals surface area contributed by atoms with Crippen molar-refractivity contribution in [3.8, 4) is 11.4 Å². The number of nitrogens with zero attached hydrogens (tertiary/aromatic N) is 3. The first-order valence-electron chi connectivity index (χ1n) is 8.79. The zero-order valence-electron chi connectivity index (χ0n) is 15.8. The first kappa shape index (κ1) is 22.8. The van der Waals surface area contributed by atoms with Gasteiger partial charge in [-0.15, -0.1) is 16.8 Å². The molecule has 1 amide bonds. The fourth-order valence-corrected chi connectivity index (χ4v) is 3.63. The molecular weight excluding hydrogens is 456 g/mol. The Hall–Kier alpha value is -2.85. The van der Waals surface area contributed by atoms with Crippen molar-refractivity contribution in [2.24, 2.45) is 0 Å². The van der Waals surface area contributed by atoms with Gasteiger partial charge in [0.25, 0.3) is 0 Å². The quantitative estimate of drug-likeness (QED) is 0.274. The highest BCUT2D eigenvalue weighted by Crippen LogP contribution is 2.36. The molecule has 0 fully saturated rings. The number of carbonyl (C=O) groups excluding carboxylic acids is 1. The minimum absolute atomic E-state index is 0.0992. The average molecular weight is 471 g/mol. The van der Waals surface area contributed by atoms with E-state index in [4.69, 9.17) is 11.6 Å². The van der Waals surface area contributed by atoms with Gasteiger partial charge in [-0.3, -0.25) is 9.36 Å². The van der Waals surface area contributed by atoms with Crippen LogP contribution in [0.3, 0.4) is 0 Å². The first-order chi connectivity index (χ1) is 14.7. The second-order valence-electron chi connectivity index (χ2n) is 6.21. The lowest BCUT2D eigenvalue weighted by atomic mass is 10.1. The molecule has 0 aliphatic heterocycles. The summed E-state index contributed by atoms with van der Waals surface area (Å²) < 4.78 is 55.3. The van der Waals surface area contributed by atoms with Crippen molar-refractivity contribution in [3.63, 3.8) is 0 Å². The van der Waals surface area contributed by atoms with Crippen LogP contribution in [0.1, 0.15) is 5.56 Å². The number of nitrogens with one attached hydrogen (secondary N) is 1. The zero-order valence-corrected chi connectivity index (χ0v) is 17.4. The molecule has 0 radical (unpaired) electrons. The van der Waals surface area contributed by atoms with Crippen LogP contribution >= 0.6 is 23.4 Å². The second kappa shape index (κ2) is 9.52. The first-order valence-corrected chi connectivity index (χ1v) is 10.2. The van der Waals surface area contributed by atoms with Crippen molar-refractivity contribution in [1.82, 2.24) is 14.8 Å². The summed E-state index contributed by atoms with van der Waals surface area (Å²) in [4.78, 5) is 12.3. The van der Waals surface area contributed by atoms with Gasteiger partial charge in [-0.05, 0) is 30.3 Å². The lowest BCUT2D eigenvalue weighted by Crippen LogP contribution is -2.18. The number of hydrogen-bond acceptors (Lipinski definition) is 4. The van der Waals surface area contributed by atoms with E-state index >= 15 is 0 Å². The summed E-state index contributed by atoms with van der Waals surface area (Å²) in [6.45, 7) is 3.89. The molecule has 5 nitrogen and oxygen atoms in total. The van der Waals surface area contributed by atoms with Crippen LogP contribution in [-0.2, 0) is 17.5 Å². The largest absolute Gasteiger partial charge is 0.418 e. The summed E-state index contributed by atoms with van der Waals surface area (Å²) in [5.74, 6) is -1.17. The van der Waals surface area contributed by atoms with Crippen molar-refractivity contribution < 1.29 is 22.4 Å². The predicted molar refractivity (Wildman–Crippen MR) is 111 cm³/mol. The molecule has 0 aliphatic rings. The third-order valence-electron chi connectivity index (χ3n) is 4.04. The lowest BCUT2D eigenvalue weighted by molar-refractivity contribution is -0.137. The molecule has 0 unspecified atom stereocenters. The molecule has 0 atom stereocenters. The molecule has 3 rings (SSSR count). The molecule has 0 spiro atoms. The number of rotatable bonds is 7. The summed E-state index contributed by atoms with van der Waals surface area (Å²) in [6.07, 6.45) is -3.12. The normalized spacial score (nSPS) is 11.4. The number of carbonyl (C=O) groups is 1. The van der Waals surface area contributed by atoms with Crippen molar-refractivity contribution in [2.75, 3.05) is 11.1 Å². The number of alkyl halides is 3. The molecule has 0 saturated carbocycles. The summed E-state index contributed by atoms with van der Waals surface area (Å²) in [6, 6.07) is 9.10. The number of halogens is 5. The third-order valence-corrected chi connectivity index (χ3v) is 5.24. The highest BCUT2D eigenvalue weighted by atomic mass is 35.5. The number of aromatic nitrogens is 3. The Bertz CT molecular complexity index is 1120. The van der Waals surface area contributed by atoms with E-state index in [-0.39, 0.29) is 28.7 Å². The molecule has 2 aromatic carbocycles. The van der Waals surface area contributed by atoms with Gasteiger partial charge < -0.3 is 5.32 Å². The molecule has 1 heterocycles. The number of allylic oxidation sites excluding steroid dienone is 1. The van der Waals surface area contributed by atoms with Crippen molar-refractivity contribution in [1.29, 1.82) is 0 Å².